The Bertz CT molecular complexity index is 525. The lowest BCUT2D eigenvalue weighted by atomic mass is 10.1. The zero-order valence-electron chi connectivity index (χ0n) is 10.9. The van der Waals surface area contributed by atoms with Crippen molar-refractivity contribution in [2.45, 2.75) is 19.4 Å². The Morgan fingerprint density at radius 2 is 1.79 bits per heavy atom. The SMILES string of the molecule is CC(NCCc1ccccc1F)c1ccc(I)cc1. The fourth-order valence-electron chi connectivity index (χ4n) is 1.99. The highest BCUT2D eigenvalue weighted by molar-refractivity contribution is 14.1. The van der Waals surface area contributed by atoms with E-state index >= 15 is 0 Å². The molecule has 1 atom stereocenters. The van der Waals surface area contributed by atoms with E-state index in [4.69, 9.17) is 0 Å². The molecule has 0 bridgehead atoms. The minimum absolute atomic E-state index is 0.119. The van der Waals surface area contributed by atoms with Crippen molar-refractivity contribution in [2.75, 3.05) is 6.54 Å². The largest absolute Gasteiger partial charge is 0.310 e. The highest BCUT2D eigenvalue weighted by Gasteiger charge is 2.05. The number of hydrogen-bond acceptors (Lipinski definition) is 1. The van der Waals surface area contributed by atoms with Gasteiger partial charge in [-0.3, -0.25) is 0 Å². The molecule has 0 aromatic heterocycles. The minimum Gasteiger partial charge on any atom is -0.310 e. The molecule has 1 N–H and O–H groups in total. The normalized spacial score (nSPS) is 12.4. The van der Waals surface area contributed by atoms with Gasteiger partial charge in [0.05, 0.1) is 0 Å². The third-order valence-corrected chi connectivity index (χ3v) is 3.89. The molecule has 1 nitrogen and oxygen atoms in total. The van der Waals surface area contributed by atoms with Gasteiger partial charge in [-0.2, -0.15) is 0 Å². The van der Waals surface area contributed by atoms with Crippen LogP contribution in [0.4, 0.5) is 4.39 Å². The monoisotopic (exact) mass is 369 g/mol. The van der Waals surface area contributed by atoms with Gasteiger partial charge in [0.1, 0.15) is 5.82 Å². The van der Waals surface area contributed by atoms with E-state index in [9.17, 15) is 4.39 Å². The molecule has 0 aliphatic rings. The van der Waals surface area contributed by atoms with Crippen molar-refractivity contribution >= 4 is 22.6 Å². The third-order valence-electron chi connectivity index (χ3n) is 3.17. The molecule has 2 rings (SSSR count). The van der Waals surface area contributed by atoms with Crippen LogP contribution in [0.3, 0.4) is 0 Å². The lowest BCUT2D eigenvalue weighted by Crippen LogP contribution is -2.21. The van der Waals surface area contributed by atoms with Gasteiger partial charge < -0.3 is 5.32 Å². The standard InChI is InChI=1S/C16H17FIN/c1-12(13-6-8-15(18)9-7-13)19-11-10-14-4-2-3-5-16(14)17/h2-9,12,19H,10-11H2,1H3. The molecule has 2 aromatic carbocycles. The Labute approximate surface area is 127 Å². The Morgan fingerprint density at radius 3 is 2.47 bits per heavy atom. The van der Waals surface area contributed by atoms with Gasteiger partial charge in [-0.1, -0.05) is 30.3 Å². The molecule has 0 fully saturated rings. The first-order chi connectivity index (χ1) is 9.16. The molecule has 0 radical (unpaired) electrons. The fourth-order valence-corrected chi connectivity index (χ4v) is 2.35. The summed E-state index contributed by atoms with van der Waals surface area (Å²) in [6.07, 6.45) is 0.710. The van der Waals surface area contributed by atoms with Crippen LogP contribution in [0.15, 0.2) is 48.5 Å². The number of rotatable bonds is 5. The summed E-state index contributed by atoms with van der Waals surface area (Å²) >= 11 is 2.30. The van der Waals surface area contributed by atoms with E-state index < -0.39 is 0 Å². The van der Waals surface area contributed by atoms with Crippen molar-refractivity contribution in [1.82, 2.24) is 5.32 Å². The molecular weight excluding hydrogens is 352 g/mol. The summed E-state index contributed by atoms with van der Waals surface area (Å²) in [7, 11) is 0. The molecule has 3 heteroatoms. The molecule has 0 saturated carbocycles. The smallest absolute Gasteiger partial charge is 0.126 e. The maximum absolute atomic E-state index is 13.5. The Hall–Kier alpha value is -0.940. The molecule has 0 spiro atoms. The van der Waals surface area contributed by atoms with Crippen LogP contribution in [0, 0.1) is 9.39 Å². The van der Waals surface area contributed by atoms with E-state index in [2.05, 4.69) is 59.1 Å². The predicted molar refractivity (Wildman–Crippen MR) is 85.7 cm³/mol. The molecule has 0 aliphatic carbocycles. The second kappa shape index (κ2) is 7.01. The van der Waals surface area contributed by atoms with E-state index in [1.54, 1.807) is 6.07 Å². The summed E-state index contributed by atoms with van der Waals surface area (Å²) in [6, 6.07) is 15.7. The van der Waals surface area contributed by atoms with Gasteiger partial charge in [0, 0.05) is 9.61 Å². The van der Waals surface area contributed by atoms with Gasteiger partial charge in [0.15, 0.2) is 0 Å². The number of halogens is 2. The molecule has 0 heterocycles. The van der Waals surface area contributed by atoms with E-state index in [1.807, 2.05) is 12.1 Å². The molecule has 0 aliphatic heterocycles. The lowest BCUT2D eigenvalue weighted by Gasteiger charge is -2.14. The van der Waals surface area contributed by atoms with Crippen molar-refractivity contribution in [2.24, 2.45) is 0 Å². The molecule has 0 amide bonds. The van der Waals surface area contributed by atoms with Crippen LogP contribution in [0.2, 0.25) is 0 Å². The predicted octanol–water partition coefficient (Wildman–Crippen LogP) is 4.32. The van der Waals surface area contributed by atoms with Crippen LogP contribution in [0.25, 0.3) is 0 Å². The third kappa shape index (κ3) is 4.28. The summed E-state index contributed by atoms with van der Waals surface area (Å²) in [4.78, 5) is 0. The van der Waals surface area contributed by atoms with Crippen molar-refractivity contribution in [3.8, 4) is 0 Å². The Kier molecular flexibility index (Phi) is 5.34. The molecule has 1 unspecified atom stereocenters. The van der Waals surface area contributed by atoms with Crippen LogP contribution >= 0.6 is 22.6 Å². The second-order valence-corrected chi connectivity index (χ2v) is 5.81. The lowest BCUT2D eigenvalue weighted by molar-refractivity contribution is 0.559. The maximum atomic E-state index is 13.5. The number of hydrogen-bond donors (Lipinski definition) is 1. The first kappa shape index (κ1) is 14.5. The van der Waals surface area contributed by atoms with Gasteiger partial charge in [-0.25, -0.2) is 4.39 Å². The van der Waals surface area contributed by atoms with Crippen molar-refractivity contribution in [3.05, 3.63) is 69.0 Å². The number of nitrogens with one attached hydrogen (secondary N) is 1. The van der Waals surface area contributed by atoms with E-state index in [1.165, 1.54) is 15.2 Å². The van der Waals surface area contributed by atoms with Crippen LogP contribution in [-0.2, 0) is 6.42 Å². The van der Waals surface area contributed by atoms with Gasteiger partial charge in [0.2, 0.25) is 0 Å². The topological polar surface area (TPSA) is 12.0 Å². The van der Waals surface area contributed by atoms with Crippen molar-refractivity contribution in [1.29, 1.82) is 0 Å². The van der Waals surface area contributed by atoms with Gasteiger partial charge in [-0.05, 0) is 71.8 Å². The summed E-state index contributed by atoms with van der Waals surface area (Å²) in [5.41, 5.74) is 2.03. The Balaban J connectivity index is 1.86. The summed E-state index contributed by atoms with van der Waals surface area (Å²) in [6.45, 7) is 2.90. The van der Waals surface area contributed by atoms with Gasteiger partial charge in [-0.15, -0.1) is 0 Å². The highest BCUT2D eigenvalue weighted by Crippen LogP contribution is 2.14. The van der Waals surface area contributed by atoms with Crippen LogP contribution in [-0.4, -0.2) is 6.54 Å². The zero-order chi connectivity index (χ0) is 13.7. The van der Waals surface area contributed by atoms with Crippen LogP contribution < -0.4 is 5.32 Å². The first-order valence-electron chi connectivity index (χ1n) is 6.39. The van der Waals surface area contributed by atoms with Crippen LogP contribution in [0.5, 0.6) is 0 Å². The molecule has 2 aromatic rings. The molecular formula is C16H17FIN. The molecule has 0 saturated heterocycles. The van der Waals surface area contributed by atoms with Crippen molar-refractivity contribution in [3.63, 3.8) is 0 Å². The molecule has 19 heavy (non-hydrogen) atoms. The van der Waals surface area contributed by atoms with E-state index in [0.717, 1.165) is 12.1 Å². The fraction of sp³-hybridized carbons (Fsp3) is 0.250. The van der Waals surface area contributed by atoms with Gasteiger partial charge in [0.25, 0.3) is 0 Å². The van der Waals surface area contributed by atoms with E-state index in [0.29, 0.717) is 6.42 Å². The quantitative estimate of drug-likeness (QED) is 0.774. The van der Waals surface area contributed by atoms with Crippen molar-refractivity contribution < 1.29 is 4.39 Å². The summed E-state index contributed by atoms with van der Waals surface area (Å²) < 4.78 is 14.7. The van der Waals surface area contributed by atoms with E-state index in [-0.39, 0.29) is 11.9 Å². The van der Waals surface area contributed by atoms with Crippen LogP contribution in [0.1, 0.15) is 24.1 Å². The maximum Gasteiger partial charge on any atom is 0.126 e. The second-order valence-electron chi connectivity index (χ2n) is 4.57. The first-order valence-corrected chi connectivity index (χ1v) is 7.47. The highest BCUT2D eigenvalue weighted by atomic mass is 127. The zero-order valence-corrected chi connectivity index (χ0v) is 13.0. The minimum atomic E-state index is -0.119. The number of benzene rings is 2. The molecule has 100 valence electrons. The average molecular weight is 369 g/mol. The van der Waals surface area contributed by atoms with Gasteiger partial charge >= 0.3 is 0 Å². The summed E-state index contributed by atoms with van der Waals surface area (Å²) in [5, 5.41) is 3.42. The summed E-state index contributed by atoms with van der Waals surface area (Å²) in [5.74, 6) is -0.119. The Morgan fingerprint density at radius 1 is 1.11 bits per heavy atom. The average Bonchev–Trinajstić information content (AvgIpc) is 2.41.